The first kappa shape index (κ1) is 13.3. The summed E-state index contributed by atoms with van der Waals surface area (Å²) in [7, 11) is 0. The lowest BCUT2D eigenvalue weighted by molar-refractivity contribution is 0.386. The fraction of sp³-hybridized carbons (Fsp3) is 0.294. The maximum absolute atomic E-state index is 14.2. The van der Waals surface area contributed by atoms with Gasteiger partial charge in [0.05, 0.1) is 5.54 Å². The summed E-state index contributed by atoms with van der Waals surface area (Å²) in [6.07, 6.45) is 1.48. The van der Waals surface area contributed by atoms with Crippen molar-refractivity contribution in [3.8, 4) is 0 Å². The van der Waals surface area contributed by atoms with Crippen molar-refractivity contribution in [3.63, 3.8) is 0 Å². The van der Waals surface area contributed by atoms with Crippen molar-refractivity contribution in [1.29, 1.82) is 0 Å². The molecule has 20 heavy (non-hydrogen) atoms. The highest BCUT2D eigenvalue weighted by Gasteiger charge is 2.38. The van der Waals surface area contributed by atoms with E-state index in [0.717, 1.165) is 23.6 Å². The van der Waals surface area contributed by atoms with Crippen molar-refractivity contribution in [2.75, 3.05) is 0 Å². The quantitative estimate of drug-likeness (QED) is 0.833. The normalized spacial score (nSPS) is 25.3. The number of benzene rings is 2. The third-order valence-electron chi connectivity index (χ3n) is 4.38. The van der Waals surface area contributed by atoms with Crippen LogP contribution in [0.5, 0.6) is 0 Å². The summed E-state index contributed by atoms with van der Waals surface area (Å²) in [6, 6.07) is 12.0. The second-order valence-corrected chi connectivity index (χ2v) is 5.60. The first-order valence-corrected chi connectivity index (χ1v) is 6.87. The zero-order valence-electron chi connectivity index (χ0n) is 11.4. The molecule has 1 aliphatic carbocycles. The molecule has 0 fully saturated rings. The highest BCUT2D eigenvalue weighted by atomic mass is 19.2. The number of nitrogens with two attached hydrogens (primary N) is 1. The molecule has 2 N–H and O–H groups in total. The first-order valence-electron chi connectivity index (χ1n) is 6.87. The van der Waals surface area contributed by atoms with E-state index in [0.29, 0.717) is 12.3 Å². The molecule has 2 unspecified atom stereocenters. The number of halogens is 2. The summed E-state index contributed by atoms with van der Waals surface area (Å²) in [5.74, 6) is -1.29. The van der Waals surface area contributed by atoms with Crippen molar-refractivity contribution in [1.82, 2.24) is 0 Å². The molecular weight excluding hydrogens is 256 g/mol. The molecule has 104 valence electrons. The Morgan fingerprint density at radius 1 is 1.05 bits per heavy atom. The Hall–Kier alpha value is -1.74. The minimum Gasteiger partial charge on any atom is -0.318 e. The second-order valence-electron chi connectivity index (χ2n) is 5.60. The lowest BCUT2D eigenvalue weighted by Gasteiger charge is -2.39. The van der Waals surface area contributed by atoms with Crippen LogP contribution in [0.3, 0.4) is 0 Å². The van der Waals surface area contributed by atoms with E-state index in [1.54, 1.807) is 6.07 Å². The van der Waals surface area contributed by atoms with Gasteiger partial charge in [-0.05, 0) is 36.0 Å². The topological polar surface area (TPSA) is 26.0 Å². The molecule has 0 amide bonds. The average molecular weight is 273 g/mol. The van der Waals surface area contributed by atoms with Crippen molar-refractivity contribution in [3.05, 3.63) is 70.8 Å². The molecule has 2 atom stereocenters. The van der Waals surface area contributed by atoms with E-state index in [4.69, 9.17) is 5.73 Å². The Labute approximate surface area is 117 Å². The summed E-state index contributed by atoms with van der Waals surface area (Å²) < 4.78 is 27.7. The summed E-state index contributed by atoms with van der Waals surface area (Å²) in [4.78, 5) is 0. The lowest BCUT2D eigenvalue weighted by atomic mass is 9.69. The third-order valence-corrected chi connectivity index (χ3v) is 4.38. The molecule has 1 aliphatic rings. The van der Waals surface area contributed by atoms with Gasteiger partial charge in [-0.15, -0.1) is 0 Å². The molecule has 0 saturated carbocycles. The van der Waals surface area contributed by atoms with E-state index >= 15 is 0 Å². The maximum atomic E-state index is 14.2. The molecule has 3 heteroatoms. The predicted molar refractivity (Wildman–Crippen MR) is 75.4 cm³/mol. The van der Waals surface area contributed by atoms with Crippen LogP contribution in [0, 0.1) is 11.6 Å². The van der Waals surface area contributed by atoms with Crippen LogP contribution in [-0.2, 0) is 5.54 Å². The summed E-state index contributed by atoms with van der Waals surface area (Å²) in [5, 5.41) is 0. The van der Waals surface area contributed by atoms with Crippen LogP contribution in [0.25, 0.3) is 0 Å². The molecule has 1 nitrogen and oxygen atoms in total. The summed E-state index contributed by atoms with van der Waals surface area (Å²) >= 11 is 0. The number of hydrogen-bond donors (Lipinski definition) is 1. The molecule has 0 radical (unpaired) electrons. The third kappa shape index (κ3) is 1.85. The highest BCUT2D eigenvalue weighted by Crippen LogP contribution is 2.44. The molecule has 0 heterocycles. The Bertz CT molecular complexity index is 653. The Morgan fingerprint density at radius 2 is 1.75 bits per heavy atom. The smallest absolute Gasteiger partial charge is 0.164 e. The zero-order chi connectivity index (χ0) is 14.3. The molecule has 0 saturated heterocycles. The Kier molecular flexibility index (Phi) is 3.09. The van der Waals surface area contributed by atoms with E-state index in [9.17, 15) is 8.78 Å². The molecule has 0 bridgehead atoms. The van der Waals surface area contributed by atoms with Crippen LogP contribution in [0.2, 0.25) is 0 Å². The van der Waals surface area contributed by atoms with Gasteiger partial charge in [0.1, 0.15) is 0 Å². The number of hydrogen-bond acceptors (Lipinski definition) is 1. The van der Waals surface area contributed by atoms with Gasteiger partial charge in [-0.1, -0.05) is 43.3 Å². The molecule has 0 aliphatic heterocycles. The van der Waals surface area contributed by atoms with E-state index in [1.165, 1.54) is 6.07 Å². The van der Waals surface area contributed by atoms with Gasteiger partial charge in [0.2, 0.25) is 0 Å². The molecular formula is C17H17F2N. The van der Waals surface area contributed by atoms with E-state index < -0.39 is 17.2 Å². The van der Waals surface area contributed by atoms with Crippen molar-refractivity contribution in [2.24, 2.45) is 5.73 Å². The number of fused-ring (bicyclic) bond motifs is 1. The van der Waals surface area contributed by atoms with Gasteiger partial charge in [0.25, 0.3) is 0 Å². The van der Waals surface area contributed by atoms with Crippen LogP contribution in [0.4, 0.5) is 8.78 Å². The average Bonchev–Trinajstić information content (AvgIpc) is 2.46. The van der Waals surface area contributed by atoms with Crippen LogP contribution in [0.15, 0.2) is 42.5 Å². The zero-order valence-corrected chi connectivity index (χ0v) is 11.4. The molecule has 2 aromatic rings. The van der Waals surface area contributed by atoms with Crippen LogP contribution >= 0.6 is 0 Å². The number of rotatable bonds is 1. The fourth-order valence-electron chi connectivity index (χ4n) is 3.20. The second kappa shape index (κ2) is 4.67. The van der Waals surface area contributed by atoms with Gasteiger partial charge in [-0.25, -0.2) is 8.78 Å². The maximum Gasteiger partial charge on any atom is 0.164 e. The Balaban J connectivity index is 2.23. The largest absolute Gasteiger partial charge is 0.318 e. The van der Waals surface area contributed by atoms with Gasteiger partial charge in [0, 0.05) is 5.56 Å². The first-order chi connectivity index (χ1) is 9.54. The highest BCUT2D eigenvalue weighted by molar-refractivity contribution is 5.46. The van der Waals surface area contributed by atoms with Crippen molar-refractivity contribution >= 4 is 0 Å². The standard InChI is InChI=1S/C17H17F2N/c1-11-9-10-17(20,13-6-3-2-5-12(11)13)14-7-4-8-15(18)16(14)19/h2-8,11H,9-10,20H2,1H3. The van der Waals surface area contributed by atoms with Crippen LogP contribution < -0.4 is 5.73 Å². The predicted octanol–water partition coefficient (Wildman–Crippen LogP) is 4.06. The van der Waals surface area contributed by atoms with Gasteiger partial charge < -0.3 is 5.73 Å². The SMILES string of the molecule is CC1CCC(N)(c2cccc(F)c2F)c2ccccc21. The van der Waals surface area contributed by atoms with Gasteiger partial charge in [0.15, 0.2) is 11.6 Å². The van der Waals surface area contributed by atoms with Crippen molar-refractivity contribution in [2.45, 2.75) is 31.2 Å². The van der Waals surface area contributed by atoms with E-state index in [2.05, 4.69) is 6.92 Å². The van der Waals surface area contributed by atoms with E-state index in [-0.39, 0.29) is 5.56 Å². The van der Waals surface area contributed by atoms with Crippen molar-refractivity contribution < 1.29 is 8.78 Å². The van der Waals surface area contributed by atoms with Gasteiger partial charge >= 0.3 is 0 Å². The van der Waals surface area contributed by atoms with Gasteiger partial charge in [-0.3, -0.25) is 0 Å². The molecule has 0 spiro atoms. The summed E-state index contributed by atoms with van der Waals surface area (Å²) in [5.41, 5.74) is 7.85. The molecule has 0 aromatic heterocycles. The minimum absolute atomic E-state index is 0.247. The molecule has 3 rings (SSSR count). The Morgan fingerprint density at radius 3 is 2.55 bits per heavy atom. The van der Waals surface area contributed by atoms with Gasteiger partial charge in [-0.2, -0.15) is 0 Å². The van der Waals surface area contributed by atoms with Crippen LogP contribution in [-0.4, -0.2) is 0 Å². The monoisotopic (exact) mass is 273 g/mol. The molecule has 2 aromatic carbocycles. The fourth-order valence-corrected chi connectivity index (χ4v) is 3.20. The van der Waals surface area contributed by atoms with E-state index in [1.807, 2.05) is 24.3 Å². The lowest BCUT2D eigenvalue weighted by Crippen LogP contribution is -2.42. The minimum atomic E-state index is -0.949. The summed E-state index contributed by atoms with van der Waals surface area (Å²) in [6.45, 7) is 2.14. The van der Waals surface area contributed by atoms with Crippen LogP contribution in [0.1, 0.15) is 42.4 Å².